The van der Waals surface area contributed by atoms with Crippen LogP contribution >= 0.6 is 0 Å². The predicted molar refractivity (Wildman–Crippen MR) is 91.1 cm³/mol. The minimum Gasteiger partial charge on any atom is -0.378 e. The van der Waals surface area contributed by atoms with E-state index in [4.69, 9.17) is 9.78 Å². The largest absolute Gasteiger partial charge is 0.378 e. The van der Waals surface area contributed by atoms with Gasteiger partial charge in [0.15, 0.2) is 0 Å². The van der Waals surface area contributed by atoms with Crippen molar-refractivity contribution in [2.75, 3.05) is 32.6 Å². The fourth-order valence-electron chi connectivity index (χ4n) is 1.65. The van der Waals surface area contributed by atoms with Crippen molar-refractivity contribution in [3.8, 4) is 0 Å². The molecule has 0 saturated heterocycles. The molecule has 1 N–H and O–H groups in total. The Bertz CT molecular complexity index is 627. The van der Waals surface area contributed by atoms with Crippen molar-refractivity contribution in [1.29, 1.82) is 0 Å². The Hall–Kier alpha value is -1.64. The molecule has 0 amide bonds. The molecule has 8 heteroatoms. The zero-order valence-electron chi connectivity index (χ0n) is 14.2. The van der Waals surface area contributed by atoms with Crippen molar-refractivity contribution in [2.45, 2.75) is 31.2 Å². The van der Waals surface area contributed by atoms with Gasteiger partial charge in [0.2, 0.25) is 0 Å². The average molecular weight is 343 g/mol. The third-order valence-electron chi connectivity index (χ3n) is 2.65. The number of benzene rings is 1. The van der Waals surface area contributed by atoms with Crippen molar-refractivity contribution < 1.29 is 18.2 Å². The topological polar surface area (TPSA) is 80.2 Å². The van der Waals surface area contributed by atoms with Crippen molar-refractivity contribution >= 4 is 22.0 Å². The normalized spacial score (nSPS) is 12.6. The summed E-state index contributed by atoms with van der Waals surface area (Å²) in [5.41, 5.74) is 0.237. The predicted octanol–water partition coefficient (Wildman–Crippen LogP) is 2.12. The summed E-state index contributed by atoms with van der Waals surface area (Å²) in [6.45, 7) is 6.47. The van der Waals surface area contributed by atoms with E-state index in [2.05, 4.69) is 9.71 Å². The van der Waals surface area contributed by atoms with Crippen LogP contribution in [0.3, 0.4) is 0 Å². The first-order chi connectivity index (χ1) is 10.7. The van der Waals surface area contributed by atoms with E-state index < -0.39 is 15.6 Å². The summed E-state index contributed by atoms with van der Waals surface area (Å²) in [7, 11) is -0.310. The Labute approximate surface area is 138 Å². The number of sulfonamides is 1. The summed E-state index contributed by atoms with van der Waals surface area (Å²) in [5.74, 6) is 0. The van der Waals surface area contributed by atoms with Gasteiger partial charge in [-0.3, -0.25) is 0 Å². The van der Waals surface area contributed by atoms with Gasteiger partial charge >= 0.3 is 0 Å². The molecule has 23 heavy (non-hydrogen) atoms. The lowest BCUT2D eigenvalue weighted by Gasteiger charge is -2.26. The highest BCUT2D eigenvalue weighted by Crippen LogP contribution is 2.21. The van der Waals surface area contributed by atoms with Crippen LogP contribution in [0.5, 0.6) is 0 Å². The molecule has 0 heterocycles. The highest BCUT2D eigenvalue weighted by molar-refractivity contribution is 7.90. The molecule has 0 aliphatic rings. The van der Waals surface area contributed by atoms with Gasteiger partial charge in [0, 0.05) is 19.8 Å². The van der Waals surface area contributed by atoms with E-state index in [1.165, 1.54) is 12.4 Å². The van der Waals surface area contributed by atoms with Gasteiger partial charge in [-0.25, -0.2) is 9.78 Å². The number of hydrogen-bond acceptors (Lipinski definition) is 5. The van der Waals surface area contributed by atoms with Crippen LogP contribution in [0, 0.1) is 0 Å². The van der Waals surface area contributed by atoms with E-state index in [0.29, 0.717) is 18.9 Å². The molecule has 7 nitrogen and oxygen atoms in total. The van der Waals surface area contributed by atoms with Crippen LogP contribution in [0.4, 0.5) is 5.69 Å². The Balaban J connectivity index is 2.88. The zero-order valence-corrected chi connectivity index (χ0v) is 15.1. The molecule has 1 aromatic rings. The van der Waals surface area contributed by atoms with Crippen LogP contribution in [0.2, 0.25) is 0 Å². The second-order valence-electron chi connectivity index (χ2n) is 5.86. The van der Waals surface area contributed by atoms with Crippen molar-refractivity contribution in [1.82, 2.24) is 4.90 Å². The molecule has 0 atom stereocenters. The first-order valence-corrected chi connectivity index (χ1v) is 8.70. The van der Waals surface area contributed by atoms with Gasteiger partial charge in [0.05, 0.1) is 17.0 Å². The lowest BCUT2D eigenvalue weighted by molar-refractivity contribution is -0.296. The first kappa shape index (κ1) is 19.4. The van der Waals surface area contributed by atoms with E-state index in [0.717, 1.165) is 0 Å². The SMILES string of the molecule is CCOOCC(C)(C)Nc1cccc(S(=O)(=O)/N=C/N(C)C)c1. The van der Waals surface area contributed by atoms with Crippen LogP contribution in [0.1, 0.15) is 20.8 Å². The van der Waals surface area contributed by atoms with Gasteiger partial charge in [-0.15, -0.1) is 4.40 Å². The monoisotopic (exact) mass is 343 g/mol. The molecule has 0 saturated carbocycles. The van der Waals surface area contributed by atoms with Crippen LogP contribution < -0.4 is 5.32 Å². The maximum atomic E-state index is 12.2. The fraction of sp³-hybridized carbons (Fsp3) is 0.533. The summed E-state index contributed by atoms with van der Waals surface area (Å²) in [4.78, 5) is 11.6. The van der Waals surface area contributed by atoms with Crippen LogP contribution in [-0.4, -0.2) is 52.5 Å². The average Bonchev–Trinajstić information content (AvgIpc) is 2.45. The molecule has 0 spiro atoms. The second-order valence-corrected chi connectivity index (χ2v) is 7.50. The number of rotatable bonds is 9. The third-order valence-corrected chi connectivity index (χ3v) is 3.87. The lowest BCUT2D eigenvalue weighted by atomic mass is 10.1. The molecule has 0 radical (unpaired) electrons. The lowest BCUT2D eigenvalue weighted by Crippen LogP contribution is -2.36. The molecular weight excluding hydrogens is 318 g/mol. The third kappa shape index (κ3) is 6.98. The number of nitrogens with zero attached hydrogens (tertiary/aromatic N) is 2. The van der Waals surface area contributed by atoms with Gasteiger partial charge in [0.1, 0.15) is 12.9 Å². The van der Waals surface area contributed by atoms with Crippen LogP contribution in [0.15, 0.2) is 33.6 Å². The summed E-state index contributed by atoms with van der Waals surface area (Å²) in [5, 5.41) is 3.22. The molecular formula is C15H25N3O4S. The molecule has 0 fully saturated rings. The Morgan fingerprint density at radius 3 is 2.61 bits per heavy atom. The van der Waals surface area contributed by atoms with Crippen molar-refractivity contribution in [2.24, 2.45) is 4.40 Å². The molecule has 1 aromatic carbocycles. The van der Waals surface area contributed by atoms with Gasteiger partial charge in [-0.05, 0) is 39.0 Å². The summed E-state index contributed by atoms with van der Waals surface area (Å²) in [6, 6.07) is 6.51. The number of nitrogens with one attached hydrogen (secondary N) is 1. The Morgan fingerprint density at radius 1 is 1.30 bits per heavy atom. The molecule has 0 unspecified atom stereocenters. The number of hydrogen-bond donors (Lipinski definition) is 1. The van der Waals surface area contributed by atoms with Crippen molar-refractivity contribution in [3.05, 3.63) is 24.3 Å². The molecule has 0 bridgehead atoms. The molecule has 1 rings (SSSR count). The maximum absolute atomic E-state index is 12.2. The van der Waals surface area contributed by atoms with Crippen molar-refractivity contribution in [3.63, 3.8) is 0 Å². The maximum Gasteiger partial charge on any atom is 0.283 e. The summed E-state index contributed by atoms with van der Waals surface area (Å²) < 4.78 is 28.0. The fourth-order valence-corrected chi connectivity index (χ4v) is 2.61. The molecule has 0 aromatic heterocycles. The highest BCUT2D eigenvalue weighted by atomic mass is 32.2. The molecule has 130 valence electrons. The van der Waals surface area contributed by atoms with Crippen LogP contribution in [0.25, 0.3) is 0 Å². The molecule has 0 aliphatic heterocycles. The van der Waals surface area contributed by atoms with Crippen LogP contribution in [-0.2, 0) is 19.8 Å². The second kappa shape index (κ2) is 8.28. The highest BCUT2D eigenvalue weighted by Gasteiger charge is 2.20. The Kier molecular flexibility index (Phi) is 6.99. The van der Waals surface area contributed by atoms with Gasteiger partial charge < -0.3 is 10.2 Å². The minimum absolute atomic E-state index is 0.127. The first-order valence-electron chi connectivity index (χ1n) is 7.26. The quantitative estimate of drug-likeness (QED) is 0.243. The van der Waals surface area contributed by atoms with E-state index in [9.17, 15) is 8.42 Å². The van der Waals surface area contributed by atoms with Gasteiger partial charge in [0.25, 0.3) is 10.0 Å². The van der Waals surface area contributed by atoms with Gasteiger partial charge in [-0.1, -0.05) is 6.07 Å². The van der Waals surface area contributed by atoms with E-state index in [1.54, 1.807) is 37.2 Å². The smallest absolute Gasteiger partial charge is 0.283 e. The molecule has 0 aliphatic carbocycles. The number of anilines is 1. The summed E-state index contributed by atoms with van der Waals surface area (Å²) >= 11 is 0. The van der Waals surface area contributed by atoms with E-state index >= 15 is 0 Å². The minimum atomic E-state index is -3.72. The Morgan fingerprint density at radius 2 is 2.00 bits per heavy atom. The summed E-state index contributed by atoms with van der Waals surface area (Å²) in [6.07, 6.45) is 1.26. The van der Waals surface area contributed by atoms with Gasteiger partial charge in [-0.2, -0.15) is 8.42 Å². The van der Waals surface area contributed by atoms with E-state index in [1.807, 2.05) is 20.8 Å². The van der Waals surface area contributed by atoms with E-state index in [-0.39, 0.29) is 4.90 Å². The standard InChI is InChI=1S/C15H25N3O4S/c1-6-21-22-11-15(2,3)17-13-8-7-9-14(10-13)23(19,20)16-12-18(4)5/h7-10,12,17H,6,11H2,1-5H3/b16-12+. The zero-order chi connectivity index (χ0) is 17.5.